The fourth-order valence-corrected chi connectivity index (χ4v) is 3.32. The van der Waals surface area contributed by atoms with Crippen LogP contribution in [0.3, 0.4) is 0 Å². The van der Waals surface area contributed by atoms with Crippen LogP contribution in [0.15, 0.2) is 11.0 Å². The Morgan fingerprint density at radius 1 is 1.38 bits per heavy atom. The summed E-state index contributed by atoms with van der Waals surface area (Å²) in [5, 5.41) is 2.58. The summed E-state index contributed by atoms with van der Waals surface area (Å²) < 4.78 is 6.14. The van der Waals surface area contributed by atoms with Crippen LogP contribution in [0.5, 0.6) is 0 Å². The van der Waals surface area contributed by atoms with Crippen LogP contribution in [0.2, 0.25) is 0 Å². The van der Waals surface area contributed by atoms with E-state index in [1.807, 2.05) is 20.8 Å². The molecule has 0 aliphatic heterocycles. The van der Waals surface area contributed by atoms with Gasteiger partial charge in [0.05, 0.1) is 7.11 Å². The number of aromatic nitrogens is 2. The molecule has 0 fully saturated rings. The normalized spacial score (nSPS) is 12.4. The van der Waals surface area contributed by atoms with Gasteiger partial charge in [0.15, 0.2) is 4.96 Å². The van der Waals surface area contributed by atoms with Crippen molar-refractivity contribution >= 4 is 28.2 Å². The molecule has 24 heavy (non-hydrogen) atoms. The van der Waals surface area contributed by atoms with Gasteiger partial charge in [0, 0.05) is 16.8 Å². The highest BCUT2D eigenvalue weighted by molar-refractivity contribution is 7.17. The molecule has 0 aromatic carbocycles. The van der Waals surface area contributed by atoms with Crippen LogP contribution in [0.25, 0.3) is 4.96 Å². The lowest BCUT2D eigenvalue weighted by molar-refractivity contribution is -0.143. The molecule has 2 aromatic heterocycles. The Balaban J connectivity index is 2.37. The van der Waals surface area contributed by atoms with E-state index in [9.17, 15) is 14.4 Å². The van der Waals surface area contributed by atoms with Crippen molar-refractivity contribution in [3.8, 4) is 0 Å². The Morgan fingerprint density at radius 2 is 2.04 bits per heavy atom. The van der Waals surface area contributed by atoms with E-state index < -0.39 is 23.5 Å². The minimum absolute atomic E-state index is 0.0916. The second-order valence-electron chi connectivity index (χ2n) is 6.02. The number of esters is 1. The Hall–Kier alpha value is -2.22. The van der Waals surface area contributed by atoms with Gasteiger partial charge in [-0.1, -0.05) is 13.8 Å². The molecule has 130 valence electrons. The highest BCUT2D eigenvalue weighted by Gasteiger charge is 2.25. The van der Waals surface area contributed by atoms with Gasteiger partial charge in [-0.15, -0.1) is 11.3 Å². The Morgan fingerprint density at radius 3 is 2.62 bits per heavy atom. The molecule has 2 rings (SSSR count). The number of fused-ring (bicyclic) bond motifs is 1. The van der Waals surface area contributed by atoms with Gasteiger partial charge in [-0.3, -0.25) is 14.0 Å². The van der Waals surface area contributed by atoms with Crippen molar-refractivity contribution in [1.82, 2.24) is 14.7 Å². The van der Waals surface area contributed by atoms with Crippen LogP contribution in [-0.2, 0) is 9.53 Å². The first kappa shape index (κ1) is 18.1. The molecule has 0 saturated heterocycles. The number of thiazole rings is 1. The number of carbonyl (C=O) groups excluding carboxylic acids is 2. The molecule has 0 radical (unpaired) electrons. The average molecular weight is 351 g/mol. The minimum atomic E-state index is -0.798. The molecule has 0 saturated carbocycles. The van der Waals surface area contributed by atoms with Crippen LogP contribution >= 0.6 is 11.3 Å². The van der Waals surface area contributed by atoms with Crippen LogP contribution in [0.4, 0.5) is 0 Å². The van der Waals surface area contributed by atoms with E-state index in [-0.39, 0.29) is 11.5 Å². The number of nitrogens with one attached hydrogen (secondary N) is 1. The number of hydrogen-bond acceptors (Lipinski definition) is 6. The van der Waals surface area contributed by atoms with Crippen molar-refractivity contribution in [2.45, 2.75) is 40.2 Å². The summed E-state index contributed by atoms with van der Waals surface area (Å²) in [6.45, 7) is 7.56. The molecule has 0 aliphatic carbocycles. The first-order valence-electron chi connectivity index (χ1n) is 7.62. The summed E-state index contributed by atoms with van der Waals surface area (Å²) in [5.74, 6) is -0.979. The molecule has 8 heteroatoms. The smallest absolute Gasteiger partial charge is 0.328 e. The molecule has 0 bridgehead atoms. The number of rotatable bonds is 5. The van der Waals surface area contributed by atoms with Crippen LogP contribution < -0.4 is 10.9 Å². The quantitative estimate of drug-likeness (QED) is 0.828. The first-order chi connectivity index (χ1) is 11.3. The van der Waals surface area contributed by atoms with Gasteiger partial charge in [0.2, 0.25) is 0 Å². The zero-order valence-electron chi connectivity index (χ0n) is 14.4. The molecule has 2 aromatic rings. The van der Waals surface area contributed by atoms with Gasteiger partial charge in [-0.2, -0.15) is 0 Å². The topological polar surface area (TPSA) is 89.8 Å². The molecule has 0 aliphatic rings. The second-order valence-corrected chi connectivity index (χ2v) is 7.20. The Kier molecular flexibility index (Phi) is 5.38. The standard InChI is InChI=1S/C16H21N3O4S/c1-8(2)6-12(15(22)23-5)18-13(20)11-7-17-16-19(14(11)21)9(3)10(4)24-16/h7-8,12H,6H2,1-5H3,(H,18,20). The third kappa shape index (κ3) is 3.48. The molecular weight excluding hydrogens is 330 g/mol. The van der Waals surface area contributed by atoms with Crippen molar-refractivity contribution in [3.63, 3.8) is 0 Å². The number of ether oxygens (including phenoxy) is 1. The lowest BCUT2D eigenvalue weighted by Gasteiger charge is -2.18. The maximum atomic E-state index is 12.6. The van der Waals surface area contributed by atoms with Crippen molar-refractivity contribution < 1.29 is 14.3 Å². The van der Waals surface area contributed by atoms with Crippen LogP contribution in [0.1, 0.15) is 41.2 Å². The lowest BCUT2D eigenvalue weighted by atomic mass is 10.0. The second kappa shape index (κ2) is 7.12. The number of nitrogens with zero attached hydrogens (tertiary/aromatic N) is 2. The summed E-state index contributed by atoms with van der Waals surface area (Å²) >= 11 is 1.39. The minimum Gasteiger partial charge on any atom is -0.467 e. The predicted molar refractivity (Wildman–Crippen MR) is 91.5 cm³/mol. The van der Waals surface area contributed by atoms with E-state index in [2.05, 4.69) is 10.3 Å². The number of methoxy groups -OCH3 is 1. The summed E-state index contributed by atoms with van der Waals surface area (Å²) in [7, 11) is 1.27. The highest BCUT2D eigenvalue weighted by Crippen LogP contribution is 2.18. The van der Waals surface area contributed by atoms with E-state index in [0.29, 0.717) is 11.4 Å². The fraction of sp³-hybridized carbons (Fsp3) is 0.500. The number of amides is 1. The SMILES string of the molecule is COC(=O)C(CC(C)C)NC(=O)c1cnc2sc(C)c(C)n2c1=O. The zero-order valence-corrected chi connectivity index (χ0v) is 15.2. The highest BCUT2D eigenvalue weighted by atomic mass is 32.1. The number of hydrogen-bond donors (Lipinski definition) is 1. The molecule has 1 atom stereocenters. The maximum absolute atomic E-state index is 12.6. The predicted octanol–water partition coefficient (Wildman–Crippen LogP) is 1.69. The average Bonchev–Trinajstić information content (AvgIpc) is 2.81. The zero-order chi connectivity index (χ0) is 18.0. The molecular formula is C16H21N3O4S. The molecule has 7 nitrogen and oxygen atoms in total. The van der Waals surface area contributed by atoms with Crippen molar-refractivity contribution in [3.05, 3.63) is 32.7 Å². The Labute approximate surface area is 143 Å². The molecule has 1 N–H and O–H groups in total. The monoisotopic (exact) mass is 351 g/mol. The summed E-state index contributed by atoms with van der Waals surface area (Å²) in [6.07, 6.45) is 1.68. The molecule has 0 spiro atoms. The molecule has 2 heterocycles. The van der Waals surface area contributed by atoms with Gasteiger partial charge in [0.1, 0.15) is 11.6 Å². The van der Waals surface area contributed by atoms with Gasteiger partial charge < -0.3 is 10.1 Å². The summed E-state index contributed by atoms with van der Waals surface area (Å²) in [5.41, 5.74) is 0.229. The van der Waals surface area contributed by atoms with E-state index >= 15 is 0 Å². The summed E-state index contributed by atoms with van der Waals surface area (Å²) in [4.78, 5) is 42.6. The van der Waals surface area contributed by atoms with Crippen LogP contribution in [-0.4, -0.2) is 34.4 Å². The van der Waals surface area contributed by atoms with Gasteiger partial charge in [-0.25, -0.2) is 9.78 Å². The third-order valence-electron chi connectivity index (χ3n) is 3.76. The van der Waals surface area contributed by atoms with Gasteiger partial charge in [-0.05, 0) is 26.2 Å². The lowest BCUT2D eigenvalue weighted by Crippen LogP contribution is -2.44. The van der Waals surface area contributed by atoms with Crippen molar-refractivity contribution in [2.24, 2.45) is 5.92 Å². The van der Waals surface area contributed by atoms with Gasteiger partial charge in [0.25, 0.3) is 11.5 Å². The fourth-order valence-electron chi connectivity index (χ4n) is 2.40. The van der Waals surface area contributed by atoms with E-state index in [1.165, 1.54) is 29.0 Å². The largest absolute Gasteiger partial charge is 0.467 e. The third-order valence-corrected chi connectivity index (χ3v) is 4.83. The van der Waals surface area contributed by atoms with E-state index in [1.54, 1.807) is 6.92 Å². The van der Waals surface area contributed by atoms with Crippen molar-refractivity contribution in [1.29, 1.82) is 0 Å². The number of aryl methyl sites for hydroxylation is 2. The van der Waals surface area contributed by atoms with Crippen molar-refractivity contribution in [2.75, 3.05) is 7.11 Å². The van der Waals surface area contributed by atoms with E-state index in [4.69, 9.17) is 4.74 Å². The Bertz CT molecular complexity index is 838. The summed E-state index contributed by atoms with van der Waals surface area (Å²) in [6, 6.07) is -0.798. The maximum Gasteiger partial charge on any atom is 0.328 e. The first-order valence-corrected chi connectivity index (χ1v) is 8.44. The number of carbonyl (C=O) groups is 2. The van der Waals surface area contributed by atoms with E-state index in [0.717, 1.165) is 10.6 Å². The molecule has 1 unspecified atom stereocenters. The van der Waals surface area contributed by atoms with Crippen LogP contribution in [0, 0.1) is 19.8 Å². The molecule has 1 amide bonds. The van der Waals surface area contributed by atoms with Gasteiger partial charge >= 0.3 is 5.97 Å².